The van der Waals surface area contributed by atoms with Gasteiger partial charge in [-0.3, -0.25) is 4.68 Å². The predicted molar refractivity (Wildman–Crippen MR) is 105 cm³/mol. The Hall–Kier alpha value is -3.67. The van der Waals surface area contributed by atoms with E-state index in [-0.39, 0.29) is 17.6 Å². The molecule has 0 spiro atoms. The number of fused-ring (bicyclic) bond motifs is 5. The molecule has 0 saturated heterocycles. The Balaban J connectivity index is 1.45. The molecule has 4 heterocycles. The zero-order valence-electron chi connectivity index (χ0n) is 16.4. The van der Waals surface area contributed by atoms with Crippen LogP contribution in [-0.4, -0.2) is 31.9 Å². The molecule has 152 valence electrons. The SMILES string of the molecule is C[C@@H]1Cc2nn3c(c2CN1C(=O)Nc1ccc(F)c(C#N)c1)-c1oncc1CCC3. The fraction of sp³-hybridized carbons (Fsp3) is 0.333. The first-order valence-corrected chi connectivity index (χ1v) is 9.85. The summed E-state index contributed by atoms with van der Waals surface area (Å²) < 4.78 is 21.1. The first-order valence-electron chi connectivity index (χ1n) is 9.85. The van der Waals surface area contributed by atoms with Gasteiger partial charge in [-0.15, -0.1) is 0 Å². The average molecular weight is 406 g/mol. The molecule has 5 rings (SSSR count). The molecule has 0 fully saturated rings. The molecule has 0 aliphatic carbocycles. The summed E-state index contributed by atoms with van der Waals surface area (Å²) in [5, 5.41) is 20.5. The lowest BCUT2D eigenvalue weighted by Crippen LogP contribution is -2.44. The second kappa shape index (κ2) is 6.99. The van der Waals surface area contributed by atoms with Crippen molar-refractivity contribution in [2.75, 3.05) is 5.32 Å². The van der Waals surface area contributed by atoms with Crippen LogP contribution in [0.15, 0.2) is 28.9 Å². The molecule has 9 heteroatoms. The summed E-state index contributed by atoms with van der Waals surface area (Å²) in [4.78, 5) is 14.7. The van der Waals surface area contributed by atoms with E-state index < -0.39 is 5.82 Å². The van der Waals surface area contributed by atoms with Gasteiger partial charge in [-0.05, 0) is 38.0 Å². The van der Waals surface area contributed by atoms with E-state index in [2.05, 4.69) is 10.5 Å². The van der Waals surface area contributed by atoms with Crippen LogP contribution in [0.25, 0.3) is 11.5 Å². The Bertz CT molecular complexity index is 1190. The number of halogens is 1. The van der Waals surface area contributed by atoms with E-state index in [0.29, 0.717) is 18.7 Å². The number of aromatic nitrogens is 3. The molecular formula is C21H19FN6O2. The minimum atomic E-state index is -0.614. The third kappa shape index (κ3) is 2.92. The Morgan fingerprint density at radius 2 is 2.30 bits per heavy atom. The van der Waals surface area contributed by atoms with Gasteiger partial charge in [0.25, 0.3) is 0 Å². The number of aryl methyl sites for hydroxylation is 2. The maximum Gasteiger partial charge on any atom is 0.322 e. The molecule has 2 aromatic heterocycles. The van der Waals surface area contributed by atoms with Gasteiger partial charge in [0, 0.05) is 35.8 Å². The summed E-state index contributed by atoms with van der Waals surface area (Å²) in [7, 11) is 0. The quantitative estimate of drug-likeness (QED) is 0.667. The Kier molecular flexibility index (Phi) is 4.28. The highest BCUT2D eigenvalue weighted by atomic mass is 19.1. The van der Waals surface area contributed by atoms with Gasteiger partial charge in [-0.1, -0.05) is 5.16 Å². The Morgan fingerprint density at radius 1 is 1.43 bits per heavy atom. The van der Waals surface area contributed by atoms with E-state index in [0.717, 1.165) is 47.7 Å². The summed E-state index contributed by atoms with van der Waals surface area (Å²) in [6.45, 7) is 3.14. The van der Waals surface area contributed by atoms with Crippen LogP contribution in [0.5, 0.6) is 0 Å². The van der Waals surface area contributed by atoms with Gasteiger partial charge in [0.2, 0.25) is 0 Å². The molecule has 0 radical (unpaired) electrons. The van der Waals surface area contributed by atoms with Crippen molar-refractivity contribution in [2.45, 2.75) is 45.3 Å². The van der Waals surface area contributed by atoms with E-state index in [1.54, 1.807) is 17.2 Å². The molecule has 0 saturated carbocycles. The van der Waals surface area contributed by atoms with Crippen LogP contribution in [0, 0.1) is 17.1 Å². The highest BCUT2D eigenvalue weighted by Crippen LogP contribution is 2.36. The van der Waals surface area contributed by atoms with E-state index in [9.17, 15) is 9.18 Å². The number of carbonyl (C=O) groups is 1. The van der Waals surface area contributed by atoms with Crippen molar-refractivity contribution in [1.82, 2.24) is 19.8 Å². The molecule has 8 nitrogen and oxygen atoms in total. The number of anilines is 1. The van der Waals surface area contributed by atoms with Crippen LogP contribution in [-0.2, 0) is 25.9 Å². The number of urea groups is 1. The van der Waals surface area contributed by atoms with Crippen LogP contribution in [0.4, 0.5) is 14.9 Å². The number of nitrogens with one attached hydrogen (secondary N) is 1. The third-order valence-electron chi connectivity index (χ3n) is 5.76. The summed E-state index contributed by atoms with van der Waals surface area (Å²) in [6.07, 6.45) is 4.21. The number of hydrogen-bond donors (Lipinski definition) is 1. The maximum absolute atomic E-state index is 13.6. The highest BCUT2D eigenvalue weighted by molar-refractivity contribution is 5.90. The minimum Gasteiger partial charge on any atom is -0.354 e. The van der Waals surface area contributed by atoms with E-state index in [1.807, 2.05) is 11.6 Å². The van der Waals surface area contributed by atoms with Crippen LogP contribution in [0.3, 0.4) is 0 Å². The molecule has 2 aliphatic rings. The van der Waals surface area contributed by atoms with Crippen LogP contribution >= 0.6 is 0 Å². The lowest BCUT2D eigenvalue weighted by molar-refractivity contribution is 0.182. The zero-order valence-corrected chi connectivity index (χ0v) is 16.4. The van der Waals surface area contributed by atoms with Gasteiger partial charge in [0.05, 0.1) is 24.0 Å². The van der Waals surface area contributed by atoms with E-state index in [4.69, 9.17) is 14.9 Å². The molecule has 1 N–H and O–H groups in total. The van der Waals surface area contributed by atoms with Crippen LogP contribution < -0.4 is 5.32 Å². The largest absolute Gasteiger partial charge is 0.354 e. The van der Waals surface area contributed by atoms with Crippen molar-refractivity contribution in [3.63, 3.8) is 0 Å². The molecule has 1 atom stereocenters. The summed E-state index contributed by atoms with van der Waals surface area (Å²) >= 11 is 0. The van der Waals surface area contributed by atoms with E-state index >= 15 is 0 Å². The number of nitrogens with zero attached hydrogens (tertiary/aromatic N) is 5. The number of carbonyl (C=O) groups excluding carboxylic acids is 1. The minimum absolute atomic E-state index is 0.0678. The second-order valence-corrected chi connectivity index (χ2v) is 7.70. The fourth-order valence-corrected chi connectivity index (χ4v) is 4.22. The average Bonchev–Trinajstić information content (AvgIpc) is 3.28. The van der Waals surface area contributed by atoms with Gasteiger partial charge in [-0.25, -0.2) is 9.18 Å². The molecule has 3 aromatic rings. The Morgan fingerprint density at radius 3 is 3.13 bits per heavy atom. The normalized spacial score (nSPS) is 17.4. The fourth-order valence-electron chi connectivity index (χ4n) is 4.22. The van der Waals surface area contributed by atoms with Gasteiger partial charge in [0.1, 0.15) is 17.6 Å². The highest BCUT2D eigenvalue weighted by Gasteiger charge is 2.34. The monoisotopic (exact) mass is 406 g/mol. The van der Waals surface area contributed by atoms with Crippen molar-refractivity contribution in [3.05, 3.63) is 52.6 Å². The number of benzene rings is 1. The molecule has 0 bridgehead atoms. The van der Waals surface area contributed by atoms with Crippen LogP contribution in [0.1, 0.15) is 35.7 Å². The van der Waals surface area contributed by atoms with Gasteiger partial charge >= 0.3 is 6.03 Å². The topological polar surface area (TPSA) is 100.0 Å². The van der Waals surface area contributed by atoms with Gasteiger partial charge in [-0.2, -0.15) is 10.4 Å². The van der Waals surface area contributed by atoms with Gasteiger partial charge < -0.3 is 14.7 Å². The molecule has 1 aromatic carbocycles. The van der Waals surface area contributed by atoms with Crippen molar-refractivity contribution < 1.29 is 13.7 Å². The van der Waals surface area contributed by atoms with E-state index in [1.165, 1.54) is 18.2 Å². The van der Waals surface area contributed by atoms with Crippen molar-refractivity contribution in [3.8, 4) is 17.5 Å². The smallest absolute Gasteiger partial charge is 0.322 e. The number of nitriles is 1. The first-order chi connectivity index (χ1) is 14.5. The molecular weight excluding hydrogens is 387 g/mol. The molecule has 2 amide bonds. The van der Waals surface area contributed by atoms with Gasteiger partial charge in [0.15, 0.2) is 5.76 Å². The number of hydrogen-bond acceptors (Lipinski definition) is 5. The molecule has 30 heavy (non-hydrogen) atoms. The van der Waals surface area contributed by atoms with Crippen LogP contribution in [0.2, 0.25) is 0 Å². The summed E-state index contributed by atoms with van der Waals surface area (Å²) in [5.74, 6) is 0.116. The standard InChI is InChI=1S/C21H19FN6O2/c1-12-7-18-16(19-20-13(10-24-30-20)3-2-6-28(19)26-18)11-27(12)21(29)25-15-4-5-17(22)14(8-15)9-23/h4-5,8,10,12H,2-3,6-7,11H2,1H3,(H,25,29)/t12-/m1/s1. The Labute approximate surface area is 171 Å². The number of rotatable bonds is 1. The van der Waals surface area contributed by atoms with Crippen molar-refractivity contribution >= 4 is 11.7 Å². The predicted octanol–water partition coefficient (Wildman–Crippen LogP) is 3.47. The third-order valence-corrected chi connectivity index (χ3v) is 5.76. The van der Waals surface area contributed by atoms with Crippen molar-refractivity contribution in [2.24, 2.45) is 0 Å². The first kappa shape index (κ1) is 18.4. The maximum atomic E-state index is 13.6. The molecule has 2 aliphatic heterocycles. The summed E-state index contributed by atoms with van der Waals surface area (Å²) in [6, 6.07) is 5.36. The van der Waals surface area contributed by atoms with Crippen molar-refractivity contribution in [1.29, 1.82) is 5.26 Å². The summed E-state index contributed by atoms with van der Waals surface area (Å²) in [5.41, 5.74) is 4.16. The number of amides is 2. The second-order valence-electron chi connectivity index (χ2n) is 7.70. The molecule has 0 unspecified atom stereocenters. The lowest BCUT2D eigenvalue weighted by Gasteiger charge is -2.33. The lowest BCUT2D eigenvalue weighted by atomic mass is 9.98. The zero-order chi connectivity index (χ0) is 20.8.